The molecule has 0 spiro atoms. The van der Waals surface area contributed by atoms with E-state index in [0.717, 1.165) is 63.6 Å². The van der Waals surface area contributed by atoms with E-state index in [1.54, 1.807) is 7.11 Å². The van der Waals surface area contributed by atoms with Crippen molar-refractivity contribution in [1.82, 2.24) is 10.2 Å². The number of methoxy groups -OCH3 is 1. The van der Waals surface area contributed by atoms with Gasteiger partial charge < -0.3 is 19.7 Å². The molecule has 1 aliphatic rings. The quantitative estimate of drug-likeness (QED) is 0.328. The summed E-state index contributed by atoms with van der Waals surface area (Å²) in [5.74, 6) is 1.81. The summed E-state index contributed by atoms with van der Waals surface area (Å²) >= 11 is 0. The summed E-state index contributed by atoms with van der Waals surface area (Å²) in [6.07, 6.45) is 3.66. The Balaban J connectivity index is 1.80. The summed E-state index contributed by atoms with van der Waals surface area (Å²) < 4.78 is 10.3. The molecular formula is C21H33N3O3. The van der Waals surface area contributed by atoms with Gasteiger partial charge in [0.2, 0.25) is 0 Å². The summed E-state index contributed by atoms with van der Waals surface area (Å²) in [5.41, 5.74) is 1.30. The number of piperidine rings is 1. The zero-order chi connectivity index (χ0) is 19.5. The zero-order valence-corrected chi connectivity index (χ0v) is 16.9. The van der Waals surface area contributed by atoms with Crippen molar-refractivity contribution in [2.45, 2.75) is 39.5 Å². The van der Waals surface area contributed by atoms with Crippen LogP contribution in [0.3, 0.4) is 0 Å². The largest absolute Gasteiger partial charge is 0.497 e. The average Bonchev–Trinajstić information content (AvgIpc) is 2.71. The van der Waals surface area contributed by atoms with Crippen LogP contribution in [-0.4, -0.2) is 56.7 Å². The van der Waals surface area contributed by atoms with Crippen LogP contribution in [-0.2, 0) is 16.0 Å². The van der Waals surface area contributed by atoms with Gasteiger partial charge >= 0.3 is 5.97 Å². The van der Waals surface area contributed by atoms with E-state index < -0.39 is 0 Å². The van der Waals surface area contributed by atoms with Crippen LogP contribution in [0.25, 0.3) is 0 Å². The summed E-state index contributed by atoms with van der Waals surface area (Å²) in [5, 5.41) is 3.38. The van der Waals surface area contributed by atoms with E-state index in [2.05, 4.69) is 29.3 Å². The molecule has 0 atom stereocenters. The third-order valence-corrected chi connectivity index (χ3v) is 4.79. The van der Waals surface area contributed by atoms with E-state index in [9.17, 15) is 4.79 Å². The van der Waals surface area contributed by atoms with Gasteiger partial charge in [0.1, 0.15) is 5.75 Å². The van der Waals surface area contributed by atoms with E-state index in [1.165, 1.54) is 5.56 Å². The molecule has 0 amide bonds. The van der Waals surface area contributed by atoms with Gasteiger partial charge in [-0.3, -0.25) is 9.79 Å². The number of carbonyl (C=O) groups excluding carboxylic acids is 1. The monoisotopic (exact) mass is 375 g/mol. The first-order valence-electron chi connectivity index (χ1n) is 10.0. The maximum atomic E-state index is 11.9. The van der Waals surface area contributed by atoms with Gasteiger partial charge in [-0.25, -0.2) is 0 Å². The second-order valence-corrected chi connectivity index (χ2v) is 6.70. The first-order valence-corrected chi connectivity index (χ1v) is 10.0. The Morgan fingerprint density at radius 1 is 1.22 bits per heavy atom. The molecule has 0 radical (unpaired) electrons. The lowest BCUT2D eigenvalue weighted by atomic mass is 9.97. The Bertz CT molecular complexity index is 593. The number of rotatable bonds is 8. The molecule has 1 N–H and O–H groups in total. The molecule has 1 fully saturated rings. The average molecular weight is 376 g/mol. The van der Waals surface area contributed by atoms with E-state index in [1.807, 2.05) is 19.1 Å². The minimum absolute atomic E-state index is 0.0270. The van der Waals surface area contributed by atoms with Crippen LogP contribution < -0.4 is 10.1 Å². The summed E-state index contributed by atoms with van der Waals surface area (Å²) in [6, 6.07) is 8.20. The van der Waals surface area contributed by atoms with Crippen LogP contribution in [0.15, 0.2) is 29.3 Å². The number of guanidine groups is 1. The minimum Gasteiger partial charge on any atom is -0.497 e. The van der Waals surface area contributed by atoms with Gasteiger partial charge in [0.05, 0.1) is 19.6 Å². The number of ether oxygens (including phenoxy) is 2. The lowest BCUT2D eigenvalue weighted by Crippen LogP contribution is -2.46. The van der Waals surface area contributed by atoms with Crippen molar-refractivity contribution in [1.29, 1.82) is 0 Å². The summed E-state index contributed by atoms with van der Waals surface area (Å²) in [4.78, 5) is 18.9. The molecule has 6 nitrogen and oxygen atoms in total. The predicted molar refractivity (Wildman–Crippen MR) is 108 cm³/mol. The Morgan fingerprint density at radius 2 is 1.93 bits per heavy atom. The topological polar surface area (TPSA) is 63.2 Å². The normalized spacial score (nSPS) is 15.5. The SMILES string of the molecule is CCNC(=NCCCc1ccc(OC)cc1)N1CCC(C(=O)OCC)CC1. The maximum absolute atomic E-state index is 11.9. The highest BCUT2D eigenvalue weighted by Gasteiger charge is 2.27. The second kappa shape index (κ2) is 11.5. The highest BCUT2D eigenvalue weighted by atomic mass is 16.5. The number of benzene rings is 1. The van der Waals surface area contributed by atoms with Crippen LogP contribution in [0.2, 0.25) is 0 Å². The Morgan fingerprint density at radius 3 is 2.52 bits per heavy atom. The molecule has 2 rings (SSSR count). The van der Waals surface area contributed by atoms with Gasteiger partial charge in [-0.05, 0) is 57.2 Å². The van der Waals surface area contributed by atoms with Crippen LogP contribution in [0.4, 0.5) is 0 Å². The van der Waals surface area contributed by atoms with Crippen molar-refractivity contribution < 1.29 is 14.3 Å². The standard InChI is InChI=1S/C21H33N3O3/c1-4-22-21(24-15-12-18(13-16-24)20(25)27-5-2)23-14-6-7-17-8-10-19(26-3)11-9-17/h8-11,18H,4-7,12-16H2,1-3H3,(H,22,23). The molecule has 0 unspecified atom stereocenters. The van der Waals surface area contributed by atoms with Crippen molar-refractivity contribution in [3.63, 3.8) is 0 Å². The van der Waals surface area contributed by atoms with Crippen molar-refractivity contribution in [2.75, 3.05) is 39.9 Å². The number of aliphatic imine (C=N–C) groups is 1. The lowest BCUT2D eigenvalue weighted by Gasteiger charge is -2.33. The fourth-order valence-corrected chi connectivity index (χ4v) is 3.27. The molecule has 1 heterocycles. The number of nitrogens with one attached hydrogen (secondary N) is 1. The number of carbonyl (C=O) groups is 1. The van der Waals surface area contributed by atoms with E-state index in [0.29, 0.717) is 6.61 Å². The fraction of sp³-hybridized carbons (Fsp3) is 0.619. The van der Waals surface area contributed by atoms with E-state index in [4.69, 9.17) is 14.5 Å². The van der Waals surface area contributed by atoms with Gasteiger partial charge in [0.15, 0.2) is 5.96 Å². The number of aryl methyl sites for hydroxylation is 1. The molecule has 1 aliphatic heterocycles. The molecule has 0 bridgehead atoms. The molecule has 1 saturated heterocycles. The number of likely N-dealkylation sites (tertiary alicyclic amines) is 1. The van der Waals surface area contributed by atoms with Gasteiger partial charge in [-0.1, -0.05) is 12.1 Å². The minimum atomic E-state index is -0.0569. The van der Waals surface area contributed by atoms with Gasteiger partial charge in [-0.2, -0.15) is 0 Å². The highest BCUT2D eigenvalue weighted by molar-refractivity contribution is 5.80. The zero-order valence-electron chi connectivity index (χ0n) is 16.9. The van der Waals surface area contributed by atoms with Crippen LogP contribution >= 0.6 is 0 Å². The van der Waals surface area contributed by atoms with Gasteiger partial charge in [-0.15, -0.1) is 0 Å². The Kier molecular flexibility index (Phi) is 8.95. The lowest BCUT2D eigenvalue weighted by molar-refractivity contribution is -0.149. The van der Waals surface area contributed by atoms with Crippen molar-refractivity contribution >= 4 is 11.9 Å². The molecular weight excluding hydrogens is 342 g/mol. The van der Waals surface area contributed by atoms with Crippen LogP contribution in [0, 0.1) is 5.92 Å². The number of hydrogen-bond acceptors (Lipinski definition) is 4. The molecule has 0 saturated carbocycles. The summed E-state index contributed by atoms with van der Waals surface area (Å²) in [7, 11) is 1.68. The predicted octanol–water partition coefficient (Wildman–Crippen LogP) is 2.87. The smallest absolute Gasteiger partial charge is 0.309 e. The number of nitrogens with zero attached hydrogens (tertiary/aromatic N) is 2. The van der Waals surface area contributed by atoms with Crippen LogP contribution in [0.1, 0.15) is 38.7 Å². The van der Waals surface area contributed by atoms with Crippen molar-refractivity contribution in [2.24, 2.45) is 10.9 Å². The molecule has 0 aromatic heterocycles. The molecule has 6 heteroatoms. The van der Waals surface area contributed by atoms with E-state index >= 15 is 0 Å². The van der Waals surface area contributed by atoms with Gasteiger partial charge in [0.25, 0.3) is 0 Å². The first-order chi connectivity index (χ1) is 13.2. The number of hydrogen-bond donors (Lipinski definition) is 1. The van der Waals surface area contributed by atoms with Crippen molar-refractivity contribution in [3.8, 4) is 5.75 Å². The van der Waals surface area contributed by atoms with Crippen molar-refractivity contribution in [3.05, 3.63) is 29.8 Å². The molecule has 27 heavy (non-hydrogen) atoms. The Hall–Kier alpha value is -2.24. The fourth-order valence-electron chi connectivity index (χ4n) is 3.27. The van der Waals surface area contributed by atoms with Crippen LogP contribution in [0.5, 0.6) is 5.75 Å². The van der Waals surface area contributed by atoms with Gasteiger partial charge in [0, 0.05) is 26.2 Å². The first kappa shape index (κ1) is 21.1. The molecule has 1 aromatic rings. The van der Waals surface area contributed by atoms with E-state index in [-0.39, 0.29) is 11.9 Å². The molecule has 1 aromatic carbocycles. The molecule has 150 valence electrons. The second-order valence-electron chi connectivity index (χ2n) is 6.70. The number of esters is 1. The summed E-state index contributed by atoms with van der Waals surface area (Å²) in [6.45, 7) is 7.70. The maximum Gasteiger partial charge on any atom is 0.309 e. The third-order valence-electron chi connectivity index (χ3n) is 4.79. The Labute approximate surface area is 162 Å². The molecule has 0 aliphatic carbocycles. The highest BCUT2D eigenvalue weighted by Crippen LogP contribution is 2.19. The third kappa shape index (κ3) is 6.77.